The van der Waals surface area contributed by atoms with Crippen molar-refractivity contribution in [3.8, 4) is 5.75 Å². The van der Waals surface area contributed by atoms with Gasteiger partial charge in [-0.25, -0.2) is 0 Å². The predicted octanol–water partition coefficient (Wildman–Crippen LogP) is 4.80. The first-order valence-electron chi connectivity index (χ1n) is 7.74. The summed E-state index contributed by atoms with van der Waals surface area (Å²) in [5.41, 5.74) is 0. The summed E-state index contributed by atoms with van der Waals surface area (Å²) in [6.07, 6.45) is 3.68. The molecule has 0 aliphatic carbocycles. The highest BCUT2D eigenvalue weighted by Crippen LogP contribution is 2.22. The molecule has 1 unspecified atom stereocenters. The number of hydrogen-bond acceptors (Lipinski definition) is 5. The highest BCUT2D eigenvalue weighted by molar-refractivity contribution is 7.08. The molecule has 21 heavy (non-hydrogen) atoms. The van der Waals surface area contributed by atoms with Crippen molar-refractivity contribution in [2.24, 2.45) is 0 Å². The molecule has 0 amide bonds. The molecule has 1 aromatic heterocycles. The van der Waals surface area contributed by atoms with Crippen LogP contribution in [0, 0.1) is 0 Å². The van der Waals surface area contributed by atoms with Crippen molar-refractivity contribution in [2.45, 2.75) is 65.6 Å². The normalized spacial score (nSPS) is 13.3. The lowest BCUT2D eigenvalue weighted by molar-refractivity contribution is -0.399. The van der Waals surface area contributed by atoms with Gasteiger partial charge in [0.2, 0.25) is 6.29 Å². The van der Waals surface area contributed by atoms with E-state index in [9.17, 15) is 0 Å². The third-order valence-electron chi connectivity index (χ3n) is 2.90. The molecule has 4 nitrogen and oxygen atoms in total. The smallest absolute Gasteiger partial charge is 0.282 e. The van der Waals surface area contributed by atoms with E-state index < -0.39 is 12.3 Å². The van der Waals surface area contributed by atoms with Crippen LogP contribution in [0.5, 0.6) is 5.75 Å². The Morgan fingerprint density at radius 1 is 1.14 bits per heavy atom. The van der Waals surface area contributed by atoms with Crippen LogP contribution >= 0.6 is 11.3 Å². The summed E-state index contributed by atoms with van der Waals surface area (Å²) in [7, 11) is 0. The molecule has 0 saturated carbocycles. The van der Waals surface area contributed by atoms with Crippen molar-refractivity contribution < 1.29 is 18.9 Å². The number of unbranched alkanes of at least 4 members (excludes halogenated alkanes) is 2. The van der Waals surface area contributed by atoms with Gasteiger partial charge in [0.15, 0.2) is 0 Å². The topological polar surface area (TPSA) is 36.9 Å². The van der Waals surface area contributed by atoms with E-state index in [-0.39, 0.29) is 0 Å². The molecular formula is C16H28O4S. The average Bonchev–Trinajstić information content (AvgIpc) is 2.92. The highest BCUT2D eigenvalue weighted by Gasteiger charge is 2.30. The molecule has 0 aromatic carbocycles. The Kier molecular flexibility index (Phi) is 8.92. The summed E-state index contributed by atoms with van der Waals surface area (Å²) < 4.78 is 23.1. The Balaban J connectivity index is 2.48. The zero-order valence-electron chi connectivity index (χ0n) is 13.6. The van der Waals surface area contributed by atoms with Gasteiger partial charge in [0.05, 0.1) is 13.2 Å². The lowest BCUT2D eigenvalue weighted by atomic mass is 10.3. The lowest BCUT2D eigenvalue weighted by Gasteiger charge is -2.32. The Morgan fingerprint density at radius 2 is 1.76 bits per heavy atom. The molecule has 0 radical (unpaired) electrons. The van der Waals surface area contributed by atoms with E-state index in [1.807, 2.05) is 30.7 Å². The fourth-order valence-electron chi connectivity index (χ4n) is 1.75. The molecule has 0 aliphatic heterocycles. The van der Waals surface area contributed by atoms with Crippen molar-refractivity contribution in [1.82, 2.24) is 0 Å². The van der Waals surface area contributed by atoms with E-state index in [1.165, 1.54) is 0 Å². The van der Waals surface area contributed by atoms with E-state index in [0.717, 1.165) is 31.4 Å². The van der Waals surface area contributed by atoms with Crippen LogP contribution in [0.15, 0.2) is 16.8 Å². The summed E-state index contributed by atoms with van der Waals surface area (Å²) >= 11 is 1.59. The summed E-state index contributed by atoms with van der Waals surface area (Å²) in [6.45, 7) is 9.15. The fraction of sp³-hybridized carbons (Fsp3) is 0.750. The minimum atomic E-state index is -1.06. The van der Waals surface area contributed by atoms with E-state index in [1.54, 1.807) is 11.3 Å². The van der Waals surface area contributed by atoms with Crippen molar-refractivity contribution in [2.75, 3.05) is 13.2 Å². The van der Waals surface area contributed by atoms with Gasteiger partial charge in [-0.15, -0.1) is 11.3 Å². The molecule has 1 aromatic rings. The minimum absolute atomic E-state index is 0.437. The maximum atomic E-state index is 5.84. The van der Waals surface area contributed by atoms with Gasteiger partial charge < -0.3 is 14.2 Å². The quantitative estimate of drug-likeness (QED) is 0.410. The van der Waals surface area contributed by atoms with Crippen molar-refractivity contribution in [3.05, 3.63) is 16.8 Å². The molecule has 1 atom stereocenters. The van der Waals surface area contributed by atoms with Gasteiger partial charge in [-0.2, -0.15) is 0 Å². The molecule has 0 N–H and O–H groups in total. The fourth-order valence-corrected chi connectivity index (χ4v) is 2.31. The third kappa shape index (κ3) is 7.81. The molecule has 0 fully saturated rings. The van der Waals surface area contributed by atoms with Gasteiger partial charge in [-0.3, -0.25) is 4.74 Å². The summed E-state index contributed by atoms with van der Waals surface area (Å²) in [6, 6.07) is 1.91. The maximum Gasteiger partial charge on any atom is 0.282 e. The van der Waals surface area contributed by atoms with Crippen LogP contribution in [0.1, 0.15) is 53.4 Å². The SMILES string of the molecule is CCCCOC(C)(OCCCC)OC(C)Oc1ccsc1. The van der Waals surface area contributed by atoms with Gasteiger partial charge in [0.1, 0.15) is 5.75 Å². The van der Waals surface area contributed by atoms with E-state index in [4.69, 9.17) is 18.9 Å². The molecule has 1 rings (SSSR count). The van der Waals surface area contributed by atoms with Crippen LogP contribution in [0.2, 0.25) is 0 Å². The van der Waals surface area contributed by atoms with Crippen LogP contribution < -0.4 is 4.74 Å². The van der Waals surface area contributed by atoms with Gasteiger partial charge >= 0.3 is 0 Å². The largest absolute Gasteiger partial charge is 0.464 e. The van der Waals surface area contributed by atoms with Crippen molar-refractivity contribution in [3.63, 3.8) is 0 Å². The second-order valence-electron chi connectivity index (χ2n) is 5.03. The number of hydrogen-bond donors (Lipinski definition) is 0. The predicted molar refractivity (Wildman–Crippen MR) is 85.6 cm³/mol. The lowest BCUT2D eigenvalue weighted by Crippen LogP contribution is -2.41. The van der Waals surface area contributed by atoms with E-state index in [2.05, 4.69) is 13.8 Å². The summed E-state index contributed by atoms with van der Waals surface area (Å²) in [5, 5.41) is 3.91. The summed E-state index contributed by atoms with van der Waals surface area (Å²) in [4.78, 5) is 0. The number of ether oxygens (including phenoxy) is 4. The number of rotatable bonds is 12. The molecule has 0 spiro atoms. The maximum absolute atomic E-state index is 5.84. The standard InChI is InChI=1S/C16H28O4S/c1-5-7-10-17-16(4,18-11-8-6-2)20-14(3)19-15-9-12-21-13-15/h9,12-14H,5-8,10-11H2,1-4H3. The Morgan fingerprint density at radius 3 is 2.24 bits per heavy atom. The van der Waals surface area contributed by atoms with Gasteiger partial charge in [0, 0.05) is 12.3 Å². The molecule has 0 bridgehead atoms. The van der Waals surface area contributed by atoms with Gasteiger partial charge in [-0.1, -0.05) is 26.7 Å². The van der Waals surface area contributed by atoms with Crippen molar-refractivity contribution in [1.29, 1.82) is 0 Å². The summed E-state index contributed by atoms with van der Waals surface area (Å²) in [5.74, 6) is -0.253. The first-order valence-corrected chi connectivity index (χ1v) is 8.68. The zero-order chi connectivity index (χ0) is 15.6. The Labute approximate surface area is 132 Å². The molecular weight excluding hydrogens is 288 g/mol. The van der Waals surface area contributed by atoms with Crippen LogP contribution in [-0.2, 0) is 14.2 Å². The molecule has 5 heteroatoms. The zero-order valence-corrected chi connectivity index (χ0v) is 14.4. The van der Waals surface area contributed by atoms with E-state index >= 15 is 0 Å². The number of thiophene rings is 1. The van der Waals surface area contributed by atoms with Gasteiger partial charge in [-0.05, 0) is 31.2 Å². The minimum Gasteiger partial charge on any atom is -0.464 e. The first-order chi connectivity index (χ1) is 10.1. The second kappa shape index (κ2) is 10.2. The first kappa shape index (κ1) is 18.4. The monoisotopic (exact) mass is 316 g/mol. The molecule has 0 saturated heterocycles. The Hall–Kier alpha value is -0.620. The Bertz CT molecular complexity index is 343. The van der Waals surface area contributed by atoms with Crippen LogP contribution in [0.25, 0.3) is 0 Å². The van der Waals surface area contributed by atoms with Crippen LogP contribution in [-0.4, -0.2) is 25.5 Å². The van der Waals surface area contributed by atoms with Gasteiger partial charge in [0.25, 0.3) is 5.97 Å². The third-order valence-corrected chi connectivity index (χ3v) is 3.56. The second-order valence-corrected chi connectivity index (χ2v) is 5.81. The highest BCUT2D eigenvalue weighted by atomic mass is 32.1. The molecule has 1 heterocycles. The van der Waals surface area contributed by atoms with Crippen LogP contribution in [0.3, 0.4) is 0 Å². The van der Waals surface area contributed by atoms with Crippen molar-refractivity contribution >= 4 is 11.3 Å². The molecule has 122 valence electrons. The van der Waals surface area contributed by atoms with E-state index in [0.29, 0.717) is 13.2 Å². The van der Waals surface area contributed by atoms with Crippen LogP contribution in [0.4, 0.5) is 0 Å². The molecule has 0 aliphatic rings. The average molecular weight is 316 g/mol.